The van der Waals surface area contributed by atoms with Crippen molar-refractivity contribution in [2.45, 2.75) is 0 Å². The Morgan fingerprint density at radius 3 is 1.32 bits per heavy atom. The summed E-state index contributed by atoms with van der Waals surface area (Å²) in [5, 5.41) is 4.85. The van der Waals surface area contributed by atoms with Crippen LogP contribution in [0.15, 0.2) is 249 Å². The number of para-hydroxylation sites is 1. The molecule has 12 aromatic rings. The first-order chi connectivity index (χ1) is 32.2. The van der Waals surface area contributed by atoms with Crippen LogP contribution in [0.3, 0.4) is 0 Å². The molecule has 304 valence electrons. The lowest BCUT2D eigenvalue weighted by atomic mass is 9.92. The fraction of sp³-hybridized carbons (Fsp3) is 0. The van der Waals surface area contributed by atoms with Crippen LogP contribution in [0.25, 0.3) is 117 Å². The molecule has 0 aliphatic carbocycles. The summed E-state index contributed by atoms with van der Waals surface area (Å²) in [5.74, 6) is 0.677. The first kappa shape index (κ1) is 38.0. The lowest BCUT2D eigenvalue weighted by molar-refractivity contribution is 1.17. The fourth-order valence-electron chi connectivity index (χ4n) is 9.28. The molecule has 12 rings (SSSR count). The highest BCUT2D eigenvalue weighted by Crippen LogP contribution is 2.39. The van der Waals surface area contributed by atoms with Crippen molar-refractivity contribution in [2.75, 3.05) is 0 Å². The van der Waals surface area contributed by atoms with Crippen LogP contribution in [0.5, 0.6) is 0 Å². The number of rotatable bonds is 8. The van der Waals surface area contributed by atoms with E-state index in [9.17, 15) is 0 Å². The monoisotopic (exact) mass is 827 g/mol. The molecular weight excluding hydrogens is 787 g/mol. The molecule has 0 unspecified atom stereocenters. The number of benzene rings is 10. The van der Waals surface area contributed by atoms with E-state index in [1.54, 1.807) is 0 Å². The van der Waals surface area contributed by atoms with Crippen molar-refractivity contribution < 1.29 is 0 Å². The SMILES string of the molecule is c1ccc(-c2ccc(-c3cc(-c4ccccc4)cc(-c4cccc(-c5cc(-c6ccccc6)nc(-c6ccc7c8cc9ccccc9cc8n(-c8ccccc8)c7c6)n5)c4)c3)cc2)cc1. The summed E-state index contributed by atoms with van der Waals surface area (Å²) < 4.78 is 2.38. The predicted molar refractivity (Wildman–Crippen MR) is 272 cm³/mol. The van der Waals surface area contributed by atoms with Crippen LogP contribution in [-0.4, -0.2) is 14.5 Å². The lowest BCUT2D eigenvalue weighted by Crippen LogP contribution is -1.97. The van der Waals surface area contributed by atoms with Crippen LogP contribution in [0.1, 0.15) is 0 Å². The Balaban J connectivity index is 0.998. The van der Waals surface area contributed by atoms with Crippen LogP contribution in [-0.2, 0) is 0 Å². The van der Waals surface area contributed by atoms with Crippen molar-refractivity contribution in [3.05, 3.63) is 249 Å². The molecule has 0 saturated heterocycles. The summed E-state index contributed by atoms with van der Waals surface area (Å²) in [5.41, 5.74) is 17.5. The van der Waals surface area contributed by atoms with Crippen molar-refractivity contribution in [2.24, 2.45) is 0 Å². The average Bonchev–Trinajstić information content (AvgIpc) is 3.71. The van der Waals surface area contributed by atoms with Gasteiger partial charge in [-0.3, -0.25) is 0 Å². The number of hydrogen-bond donors (Lipinski definition) is 0. The van der Waals surface area contributed by atoms with Gasteiger partial charge in [-0.1, -0.05) is 188 Å². The third kappa shape index (κ3) is 7.25. The smallest absolute Gasteiger partial charge is 0.160 e. The Morgan fingerprint density at radius 1 is 0.246 bits per heavy atom. The standard InChI is InChI=1S/C62H41N3/c1-5-16-42(17-6-1)44-28-30-45(31-29-44)53-35-52(43-18-7-2-8-19-43)36-54(37-53)47-24-15-25-50(34-47)59-41-58(46-20-9-3-10-21-46)63-62(64-59)51-32-33-56-57-38-48-22-13-14-23-49(48)39-61(57)65(60(56)40-51)55-26-11-4-12-27-55/h1-41H. The van der Waals surface area contributed by atoms with Crippen molar-refractivity contribution >= 4 is 32.6 Å². The maximum absolute atomic E-state index is 5.39. The minimum absolute atomic E-state index is 0.677. The van der Waals surface area contributed by atoms with Gasteiger partial charge >= 0.3 is 0 Å². The zero-order valence-electron chi connectivity index (χ0n) is 35.5. The molecule has 0 bridgehead atoms. The lowest BCUT2D eigenvalue weighted by Gasteiger charge is -2.14. The van der Waals surface area contributed by atoms with Gasteiger partial charge in [-0.2, -0.15) is 0 Å². The summed E-state index contributed by atoms with van der Waals surface area (Å²) in [6, 6.07) is 88.9. The van der Waals surface area contributed by atoms with Crippen LogP contribution in [0, 0.1) is 0 Å². The Bertz CT molecular complexity index is 3670. The van der Waals surface area contributed by atoms with Gasteiger partial charge in [0.1, 0.15) is 0 Å². The largest absolute Gasteiger partial charge is 0.309 e. The maximum Gasteiger partial charge on any atom is 0.160 e. The van der Waals surface area contributed by atoms with Gasteiger partial charge < -0.3 is 4.57 Å². The van der Waals surface area contributed by atoms with Crippen LogP contribution in [0.4, 0.5) is 0 Å². The van der Waals surface area contributed by atoms with Gasteiger partial charge in [0.25, 0.3) is 0 Å². The second-order valence-electron chi connectivity index (χ2n) is 16.6. The molecular formula is C62H41N3. The summed E-state index contributed by atoms with van der Waals surface area (Å²) in [7, 11) is 0. The van der Waals surface area contributed by atoms with Crippen molar-refractivity contribution in [1.29, 1.82) is 0 Å². The fourth-order valence-corrected chi connectivity index (χ4v) is 9.28. The zero-order chi connectivity index (χ0) is 43.1. The maximum atomic E-state index is 5.39. The van der Waals surface area contributed by atoms with E-state index in [1.165, 1.54) is 60.4 Å². The molecule has 3 heteroatoms. The zero-order valence-corrected chi connectivity index (χ0v) is 35.5. The van der Waals surface area contributed by atoms with Gasteiger partial charge in [0.05, 0.1) is 22.4 Å². The number of nitrogens with zero attached hydrogens (tertiary/aromatic N) is 3. The predicted octanol–water partition coefficient (Wildman–Crippen LogP) is 16.4. The molecule has 0 radical (unpaired) electrons. The third-order valence-corrected chi connectivity index (χ3v) is 12.6. The topological polar surface area (TPSA) is 30.7 Å². The first-order valence-electron chi connectivity index (χ1n) is 22.1. The Labute approximate surface area is 378 Å². The molecule has 0 N–H and O–H groups in total. The minimum Gasteiger partial charge on any atom is -0.309 e. The van der Waals surface area contributed by atoms with Gasteiger partial charge in [0, 0.05) is 33.2 Å². The van der Waals surface area contributed by atoms with E-state index in [1.807, 2.05) is 6.07 Å². The molecule has 2 aromatic heterocycles. The van der Waals surface area contributed by atoms with Gasteiger partial charge in [0.2, 0.25) is 0 Å². The number of fused-ring (bicyclic) bond motifs is 4. The summed E-state index contributed by atoms with van der Waals surface area (Å²) in [6.45, 7) is 0. The molecule has 65 heavy (non-hydrogen) atoms. The van der Waals surface area contributed by atoms with Gasteiger partial charge in [-0.05, 0) is 116 Å². The van der Waals surface area contributed by atoms with E-state index in [0.717, 1.165) is 50.4 Å². The van der Waals surface area contributed by atoms with E-state index in [2.05, 4.69) is 247 Å². The number of aromatic nitrogens is 3. The van der Waals surface area contributed by atoms with E-state index in [4.69, 9.17) is 9.97 Å². The van der Waals surface area contributed by atoms with Gasteiger partial charge in [0.15, 0.2) is 5.82 Å². The number of hydrogen-bond acceptors (Lipinski definition) is 2. The minimum atomic E-state index is 0.677. The molecule has 10 aromatic carbocycles. The molecule has 0 aliphatic heterocycles. The molecule has 0 amide bonds. The molecule has 0 spiro atoms. The molecule has 0 saturated carbocycles. The molecule has 0 atom stereocenters. The first-order valence-corrected chi connectivity index (χ1v) is 22.1. The molecule has 2 heterocycles. The van der Waals surface area contributed by atoms with E-state index < -0.39 is 0 Å². The normalized spacial score (nSPS) is 11.4. The van der Waals surface area contributed by atoms with Crippen molar-refractivity contribution in [3.8, 4) is 84.1 Å². The van der Waals surface area contributed by atoms with Crippen LogP contribution < -0.4 is 0 Å². The van der Waals surface area contributed by atoms with Crippen LogP contribution >= 0.6 is 0 Å². The highest BCUT2D eigenvalue weighted by atomic mass is 15.0. The highest BCUT2D eigenvalue weighted by molar-refractivity contribution is 6.14. The Kier molecular flexibility index (Phi) is 9.50. The summed E-state index contributed by atoms with van der Waals surface area (Å²) >= 11 is 0. The average molecular weight is 828 g/mol. The van der Waals surface area contributed by atoms with E-state index in [-0.39, 0.29) is 0 Å². The van der Waals surface area contributed by atoms with Crippen molar-refractivity contribution in [3.63, 3.8) is 0 Å². The van der Waals surface area contributed by atoms with E-state index >= 15 is 0 Å². The second-order valence-corrected chi connectivity index (χ2v) is 16.6. The molecule has 3 nitrogen and oxygen atoms in total. The molecule has 0 fully saturated rings. The van der Waals surface area contributed by atoms with E-state index in [0.29, 0.717) is 5.82 Å². The Hall–Kier alpha value is -8.66. The highest BCUT2D eigenvalue weighted by Gasteiger charge is 2.18. The Morgan fingerprint density at radius 2 is 0.677 bits per heavy atom. The third-order valence-electron chi connectivity index (χ3n) is 12.6. The van der Waals surface area contributed by atoms with Crippen molar-refractivity contribution in [1.82, 2.24) is 14.5 Å². The van der Waals surface area contributed by atoms with Gasteiger partial charge in [-0.25, -0.2) is 9.97 Å². The molecule has 0 aliphatic rings. The second kappa shape index (κ2) is 16.2. The van der Waals surface area contributed by atoms with Gasteiger partial charge in [-0.15, -0.1) is 0 Å². The van der Waals surface area contributed by atoms with Crippen LogP contribution in [0.2, 0.25) is 0 Å². The summed E-state index contributed by atoms with van der Waals surface area (Å²) in [6.07, 6.45) is 0. The quantitative estimate of drug-likeness (QED) is 0.153. The summed E-state index contributed by atoms with van der Waals surface area (Å²) in [4.78, 5) is 10.7.